The van der Waals surface area contributed by atoms with Crippen LogP contribution in [-0.2, 0) is 16.1 Å². The van der Waals surface area contributed by atoms with Crippen molar-refractivity contribution >= 4 is 6.09 Å². The number of unbranched alkanes of at least 4 members (excludes halogenated alkanes) is 5. The Balaban J connectivity index is 1.49. The first kappa shape index (κ1) is 19.9. The van der Waals surface area contributed by atoms with Crippen LogP contribution in [0.4, 0.5) is 4.79 Å². The maximum absolute atomic E-state index is 12.7. The van der Waals surface area contributed by atoms with Gasteiger partial charge in [0.15, 0.2) is 0 Å². The number of rotatable bonds is 9. The highest BCUT2D eigenvalue weighted by Crippen LogP contribution is 2.30. The molecule has 4 heteroatoms. The van der Waals surface area contributed by atoms with Gasteiger partial charge in [-0.15, -0.1) is 0 Å². The standard InChI is InChI=1S/C23H33NO3/c1-2-3-4-5-6-8-13-20-14-21-17-26-18-22(15-20)24(21)23(25)27-16-19-11-9-7-10-12-19/h7,9-12,14,21-22H,2-6,8,13,15-18H2,1H3. The Kier molecular flexibility index (Phi) is 7.76. The predicted octanol–water partition coefficient (Wildman–Crippen LogP) is 5.47. The molecule has 0 aromatic heterocycles. The first-order valence-corrected chi connectivity index (χ1v) is 10.5. The normalized spacial score (nSPS) is 21.7. The van der Waals surface area contributed by atoms with E-state index in [0.29, 0.717) is 19.8 Å². The van der Waals surface area contributed by atoms with Crippen molar-refractivity contribution in [3.8, 4) is 0 Å². The molecular weight excluding hydrogens is 338 g/mol. The second-order valence-electron chi connectivity index (χ2n) is 7.75. The number of amides is 1. The van der Waals surface area contributed by atoms with E-state index in [0.717, 1.165) is 18.4 Å². The number of morpholine rings is 1. The molecule has 3 rings (SSSR count). The fourth-order valence-electron chi connectivity index (χ4n) is 4.08. The van der Waals surface area contributed by atoms with Gasteiger partial charge in [-0.2, -0.15) is 0 Å². The van der Waals surface area contributed by atoms with Gasteiger partial charge in [-0.25, -0.2) is 4.79 Å². The number of benzene rings is 1. The molecule has 1 aromatic carbocycles. The summed E-state index contributed by atoms with van der Waals surface area (Å²) in [6, 6.07) is 9.99. The molecule has 2 aliphatic rings. The number of carbonyl (C=O) groups is 1. The number of ether oxygens (including phenoxy) is 2. The topological polar surface area (TPSA) is 38.8 Å². The van der Waals surface area contributed by atoms with E-state index in [2.05, 4.69) is 13.0 Å². The fraction of sp³-hybridized carbons (Fsp3) is 0.609. The predicted molar refractivity (Wildman–Crippen MR) is 108 cm³/mol. The van der Waals surface area contributed by atoms with E-state index in [-0.39, 0.29) is 18.2 Å². The maximum atomic E-state index is 12.7. The van der Waals surface area contributed by atoms with Crippen LogP contribution in [0.25, 0.3) is 0 Å². The highest BCUT2D eigenvalue weighted by molar-refractivity contribution is 5.69. The Morgan fingerprint density at radius 2 is 1.89 bits per heavy atom. The van der Waals surface area contributed by atoms with Crippen LogP contribution in [0.5, 0.6) is 0 Å². The summed E-state index contributed by atoms with van der Waals surface area (Å²) < 4.78 is 11.3. The van der Waals surface area contributed by atoms with Gasteiger partial charge < -0.3 is 9.47 Å². The first-order valence-electron chi connectivity index (χ1n) is 10.5. The molecule has 27 heavy (non-hydrogen) atoms. The van der Waals surface area contributed by atoms with Gasteiger partial charge in [0.25, 0.3) is 0 Å². The smallest absolute Gasteiger partial charge is 0.411 e. The Morgan fingerprint density at radius 1 is 1.11 bits per heavy atom. The van der Waals surface area contributed by atoms with Gasteiger partial charge >= 0.3 is 6.09 Å². The quantitative estimate of drug-likeness (QED) is 0.426. The zero-order chi connectivity index (χ0) is 18.9. The highest BCUT2D eigenvalue weighted by Gasteiger charge is 2.38. The lowest BCUT2D eigenvalue weighted by atomic mass is 9.91. The second kappa shape index (κ2) is 10.5. The molecule has 0 spiro atoms. The Hall–Kier alpha value is -1.81. The van der Waals surface area contributed by atoms with Crippen LogP contribution in [0.2, 0.25) is 0 Å². The van der Waals surface area contributed by atoms with Crippen LogP contribution in [0.3, 0.4) is 0 Å². The molecule has 2 bridgehead atoms. The second-order valence-corrected chi connectivity index (χ2v) is 7.75. The van der Waals surface area contributed by atoms with Crippen LogP contribution in [0.1, 0.15) is 63.9 Å². The summed E-state index contributed by atoms with van der Waals surface area (Å²) in [6.07, 6.45) is 12.0. The van der Waals surface area contributed by atoms with E-state index in [1.807, 2.05) is 35.2 Å². The molecule has 0 radical (unpaired) electrons. The van der Waals surface area contributed by atoms with Gasteiger partial charge in [0.2, 0.25) is 0 Å². The third kappa shape index (κ3) is 5.83. The minimum Gasteiger partial charge on any atom is -0.445 e. The van der Waals surface area contributed by atoms with Gasteiger partial charge in [-0.1, -0.05) is 81.0 Å². The average Bonchev–Trinajstić information content (AvgIpc) is 2.69. The molecule has 2 atom stereocenters. The van der Waals surface area contributed by atoms with Gasteiger partial charge in [-0.3, -0.25) is 4.90 Å². The van der Waals surface area contributed by atoms with Crippen molar-refractivity contribution in [2.24, 2.45) is 0 Å². The fourth-order valence-corrected chi connectivity index (χ4v) is 4.08. The molecule has 0 aliphatic carbocycles. The van der Waals surface area contributed by atoms with Crippen molar-refractivity contribution in [3.05, 3.63) is 47.5 Å². The largest absolute Gasteiger partial charge is 0.445 e. The Morgan fingerprint density at radius 3 is 2.67 bits per heavy atom. The molecule has 2 aliphatic heterocycles. The molecule has 148 valence electrons. The average molecular weight is 372 g/mol. The summed E-state index contributed by atoms with van der Waals surface area (Å²) in [4.78, 5) is 14.6. The molecule has 2 heterocycles. The van der Waals surface area contributed by atoms with Crippen molar-refractivity contribution in [3.63, 3.8) is 0 Å². The third-order valence-electron chi connectivity index (χ3n) is 5.54. The number of carbonyl (C=O) groups excluding carboxylic acids is 1. The summed E-state index contributed by atoms with van der Waals surface area (Å²) in [5.74, 6) is 0. The molecule has 1 fully saturated rings. The third-order valence-corrected chi connectivity index (χ3v) is 5.54. The molecule has 0 N–H and O–H groups in total. The molecule has 1 aromatic rings. The lowest BCUT2D eigenvalue weighted by Crippen LogP contribution is -2.56. The summed E-state index contributed by atoms with van der Waals surface area (Å²) in [5, 5.41) is 0. The van der Waals surface area contributed by atoms with Crippen molar-refractivity contribution in [2.45, 2.75) is 77.0 Å². The molecular formula is C23H33NO3. The van der Waals surface area contributed by atoms with E-state index >= 15 is 0 Å². The van der Waals surface area contributed by atoms with E-state index < -0.39 is 0 Å². The Bertz CT molecular complexity index is 613. The summed E-state index contributed by atoms with van der Waals surface area (Å²) in [7, 11) is 0. The number of hydrogen-bond donors (Lipinski definition) is 0. The molecule has 0 saturated carbocycles. The van der Waals surface area contributed by atoms with Gasteiger partial charge in [-0.05, 0) is 24.8 Å². The molecule has 1 saturated heterocycles. The minimum atomic E-state index is -0.216. The van der Waals surface area contributed by atoms with Crippen LogP contribution in [0.15, 0.2) is 42.0 Å². The van der Waals surface area contributed by atoms with Gasteiger partial charge in [0, 0.05) is 0 Å². The van der Waals surface area contributed by atoms with Crippen molar-refractivity contribution in [1.29, 1.82) is 0 Å². The maximum Gasteiger partial charge on any atom is 0.411 e. The van der Waals surface area contributed by atoms with E-state index in [1.54, 1.807) is 0 Å². The summed E-state index contributed by atoms with van der Waals surface area (Å²) in [6.45, 7) is 3.77. The van der Waals surface area contributed by atoms with Crippen LogP contribution in [-0.4, -0.2) is 36.3 Å². The molecule has 4 nitrogen and oxygen atoms in total. The zero-order valence-corrected chi connectivity index (χ0v) is 16.6. The Labute approximate surface area is 163 Å². The lowest BCUT2D eigenvalue weighted by molar-refractivity contribution is -0.0375. The number of nitrogens with zero attached hydrogens (tertiary/aromatic N) is 1. The van der Waals surface area contributed by atoms with Gasteiger partial charge in [0.05, 0.1) is 25.3 Å². The van der Waals surface area contributed by atoms with Crippen LogP contribution >= 0.6 is 0 Å². The monoisotopic (exact) mass is 371 g/mol. The first-order chi connectivity index (χ1) is 13.3. The van der Waals surface area contributed by atoms with Crippen molar-refractivity contribution in [1.82, 2.24) is 4.90 Å². The highest BCUT2D eigenvalue weighted by atomic mass is 16.6. The van der Waals surface area contributed by atoms with E-state index in [1.165, 1.54) is 44.1 Å². The van der Waals surface area contributed by atoms with Gasteiger partial charge in [0.1, 0.15) is 6.61 Å². The van der Waals surface area contributed by atoms with E-state index in [9.17, 15) is 4.79 Å². The SMILES string of the molecule is CCCCCCCCC1=CC2COCC(C1)N2C(=O)OCc1ccccc1. The summed E-state index contributed by atoms with van der Waals surface area (Å²) in [5.41, 5.74) is 2.51. The van der Waals surface area contributed by atoms with Crippen molar-refractivity contribution in [2.75, 3.05) is 13.2 Å². The molecule has 1 amide bonds. The zero-order valence-electron chi connectivity index (χ0n) is 16.6. The number of fused-ring (bicyclic) bond motifs is 2. The molecule has 2 unspecified atom stereocenters. The van der Waals surface area contributed by atoms with Crippen LogP contribution < -0.4 is 0 Å². The lowest BCUT2D eigenvalue weighted by Gasteiger charge is -2.43. The van der Waals surface area contributed by atoms with Crippen LogP contribution in [0, 0.1) is 0 Å². The minimum absolute atomic E-state index is 0.0239. The van der Waals surface area contributed by atoms with Crippen molar-refractivity contribution < 1.29 is 14.3 Å². The summed E-state index contributed by atoms with van der Waals surface area (Å²) >= 11 is 0. The number of hydrogen-bond acceptors (Lipinski definition) is 3. The van der Waals surface area contributed by atoms with E-state index in [4.69, 9.17) is 9.47 Å².